The smallest absolute Gasteiger partial charge is 0.244 e. The summed E-state index contributed by atoms with van der Waals surface area (Å²) >= 11 is 0. The Balaban J connectivity index is 1.20. The van der Waals surface area contributed by atoms with Crippen molar-refractivity contribution in [3.8, 4) is 5.75 Å². The van der Waals surface area contributed by atoms with Crippen LogP contribution in [0.1, 0.15) is 18.1 Å². The molecule has 1 N–H and O–H groups in total. The van der Waals surface area contributed by atoms with Gasteiger partial charge in [0.05, 0.1) is 24.0 Å². The lowest BCUT2D eigenvalue weighted by atomic mass is 10.1. The first-order chi connectivity index (χ1) is 15.1. The zero-order valence-corrected chi connectivity index (χ0v) is 17.8. The maximum atomic E-state index is 13.3. The second kappa shape index (κ2) is 8.32. The number of piperazine rings is 1. The molecule has 3 aliphatic rings. The average Bonchev–Trinajstić information content (AvgIpc) is 3.26. The number of rotatable bonds is 4. The quantitative estimate of drug-likeness (QED) is 0.821. The molecular formula is C24H28N4O3. The molecule has 0 aliphatic carbocycles. The third-order valence-electron chi connectivity index (χ3n) is 6.51. The van der Waals surface area contributed by atoms with E-state index in [9.17, 15) is 9.59 Å². The van der Waals surface area contributed by atoms with E-state index < -0.39 is 0 Å². The molecule has 0 radical (unpaired) electrons. The maximum absolute atomic E-state index is 13.3. The number of hydrogen-bond acceptors (Lipinski definition) is 5. The number of anilines is 2. The number of nitrogens with zero attached hydrogens (tertiary/aromatic N) is 3. The van der Waals surface area contributed by atoms with Gasteiger partial charge in [-0.1, -0.05) is 24.3 Å². The number of carbonyl (C=O) groups is 2. The molecule has 0 saturated carbocycles. The first-order valence-corrected chi connectivity index (χ1v) is 11.0. The van der Waals surface area contributed by atoms with Gasteiger partial charge in [0, 0.05) is 39.1 Å². The Morgan fingerprint density at radius 2 is 1.94 bits per heavy atom. The number of carbonyl (C=O) groups excluding carboxylic acids is 2. The van der Waals surface area contributed by atoms with Crippen molar-refractivity contribution in [2.75, 3.05) is 49.5 Å². The van der Waals surface area contributed by atoms with Crippen molar-refractivity contribution >= 4 is 23.2 Å². The number of ether oxygens (including phenoxy) is 1. The largest absolute Gasteiger partial charge is 0.493 e. The molecule has 5 rings (SSSR count). The number of amides is 2. The molecule has 0 aromatic heterocycles. The van der Waals surface area contributed by atoms with Crippen LogP contribution in [0.15, 0.2) is 42.5 Å². The van der Waals surface area contributed by atoms with Gasteiger partial charge in [0.2, 0.25) is 11.8 Å². The van der Waals surface area contributed by atoms with Crippen molar-refractivity contribution in [3.05, 3.63) is 53.6 Å². The summed E-state index contributed by atoms with van der Waals surface area (Å²) in [6.45, 7) is 7.24. The second-order valence-corrected chi connectivity index (χ2v) is 8.52. The summed E-state index contributed by atoms with van der Waals surface area (Å²) in [6.07, 6.45) is 0.994. The molecule has 3 aliphatic heterocycles. The number of benzene rings is 2. The molecular weight excluding hydrogens is 392 g/mol. The van der Waals surface area contributed by atoms with Crippen molar-refractivity contribution < 1.29 is 14.3 Å². The summed E-state index contributed by atoms with van der Waals surface area (Å²) in [5.41, 5.74) is 4.10. The van der Waals surface area contributed by atoms with Crippen LogP contribution in [0.4, 0.5) is 11.4 Å². The summed E-state index contributed by atoms with van der Waals surface area (Å²) in [7, 11) is 0. The summed E-state index contributed by atoms with van der Waals surface area (Å²) in [6, 6.07) is 13.7. The fourth-order valence-electron chi connectivity index (χ4n) is 4.72. The number of nitrogens with one attached hydrogen (secondary N) is 1. The third kappa shape index (κ3) is 4.03. The Morgan fingerprint density at radius 3 is 2.77 bits per heavy atom. The summed E-state index contributed by atoms with van der Waals surface area (Å²) in [5, 5.41) is 2.85. The maximum Gasteiger partial charge on any atom is 0.244 e. The van der Waals surface area contributed by atoms with Crippen molar-refractivity contribution in [2.45, 2.75) is 25.9 Å². The minimum absolute atomic E-state index is 0.0191. The molecule has 1 fully saturated rings. The Morgan fingerprint density at radius 1 is 1.13 bits per heavy atom. The van der Waals surface area contributed by atoms with Crippen LogP contribution in [-0.4, -0.2) is 67.0 Å². The first-order valence-electron chi connectivity index (χ1n) is 11.0. The van der Waals surface area contributed by atoms with Gasteiger partial charge in [-0.3, -0.25) is 24.3 Å². The van der Waals surface area contributed by atoms with Crippen LogP contribution in [0.2, 0.25) is 0 Å². The fraction of sp³-hybridized carbons (Fsp3) is 0.417. The highest BCUT2D eigenvalue weighted by molar-refractivity contribution is 6.11. The van der Waals surface area contributed by atoms with Gasteiger partial charge in [0.1, 0.15) is 12.3 Å². The van der Waals surface area contributed by atoms with E-state index in [0.29, 0.717) is 5.69 Å². The van der Waals surface area contributed by atoms with E-state index in [1.54, 1.807) is 4.90 Å². The van der Waals surface area contributed by atoms with Crippen molar-refractivity contribution in [2.24, 2.45) is 0 Å². The van der Waals surface area contributed by atoms with E-state index in [1.807, 2.05) is 31.2 Å². The molecule has 0 unspecified atom stereocenters. The molecule has 2 aromatic rings. The Bertz CT molecular complexity index is 1000. The van der Waals surface area contributed by atoms with Crippen molar-refractivity contribution in [1.82, 2.24) is 9.80 Å². The number of hydrogen-bond donors (Lipinski definition) is 1. The second-order valence-electron chi connectivity index (χ2n) is 8.52. The third-order valence-corrected chi connectivity index (χ3v) is 6.51. The van der Waals surface area contributed by atoms with Crippen LogP contribution < -0.4 is 15.0 Å². The minimum Gasteiger partial charge on any atom is -0.493 e. The molecule has 1 atom stereocenters. The SMILES string of the molecule is C[C@H](C(=O)N1CC(=O)Nc2ccccc21)N1CCN(Cc2ccc3c(c2)CCO3)CC1. The Hall–Kier alpha value is -2.90. The van der Waals surface area contributed by atoms with E-state index in [-0.39, 0.29) is 24.4 Å². The van der Waals surface area contributed by atoms with Crippen LogP contribution in [0.3, 0.4) is 0 Å². The predicted octanol–water partition coefficient (Wildman–Crippen LogP) is 2.11. The monoisotopic (exact) mass is 420 g/mol. The van der Waals surface area contributed by atoms with Crippen molar-refractivity contribution in [1.29, 1.82) is 0 Å². The minimum atomic E-state index is -0.266. The zero-order chi connectivity index (χ0) is 21.4. The lowest BCUT2D eigenvalue weighted by molar-refractivity contribution is -0.126. The fourth-order valence-corrected chi connectivity index (χ4v) is 4.72. The van der Waals surface area contributed by atoms with Crippen LogP contribution in [0, 0.1) is 0 Å². The van der Waals surface area contributed by atoms with Gasteiger partial charge in [-0.2, -0.15) is 0 Å². The highest BCUT2D eigenvalue weighted by Crippen LogP contribution is 2.30. The lowest BCUT2D eigenvalue weighted by Gasteiger charge is -2.39. The van der Waals surface area contributed by atoms with Crippen molar-refractivity contribution in [3.63, 3.8) is 0 Å². The normalized spacial score (nSPS) is 19.9. The topological polar surface area (TPSA) is 65.1 Å². The molecule has 2 amide bonds. The van der Waals surface area contributed by atoms with E-state index in [0.717, 1.165) is 57.2 Å². The lowest BCUT2D eigenvalue weighted by Crippen LogP contribution is -2.56. The van der Waals surface area contributed by atoms with Crippen LogP contribution in [-0.2, 0) is 22.6 Å². The first kappa shape index (κ1) is 20.0. The Kier molecular flexibility index (Phi) is 5.38. The molecule has 31 heavy (non-hydrogen) atoms. The molecule has 2 aromatic carbocycles. The zero-order valence-electron chi connectivity index (χ0n) is 17.8. The van der Waals surface area contributed by atoms with E-state index in [1.165, 1.54) is 11.1 Å². The van der Waals surface area contributed by atoms with Crippen LogP contribution in [0.25, 0.3) is 0 Å². The highest BCUT2D eigenvalue weighted by atomic mass is 16.5. The standard InChI is InChI=1S/C24H28N4O3/c1-17(24(30)28-16-23(29)25-20-4-2-3-5-21(20)28)27-11-9-26(10-12-27)15-18-6-7-22-19(14-18)8-13-31-22/h2-7,14,17H,8-13,15-16H2,1H3,(H,25,29)/t17-/m1/s1. The number of para-hydroxylation sites is 2. The van der Waals surface area contributed by atoms with Crippen LogP contribution in [0.5, 0.6) is 5.75 Å². The van der Waals surface area contributed by atoms with Gasteiger partial charge in [-0.05, 0) is 36.2 Å². The van der Waals surface area contributed by atoms with Gasteiger partial charge in [-0.25, -0.2) is 0 Å². The van der Waals surface area contributed by atoms with Gasteiger partial charge < -0.3 is 10.1 Å². The molecule has 3 heterocycles. The van der Waals surface area contributed by atoms with E-state index in [4.69, 9.17) is 4.74 Å². The summed E-state index contributed by atoms with van der Waals surface area (Å²) in [5.74, 6) is 0.854. The van der Waals surface area contributed by atoms with E-state index in [2.05, 4.69) is 33.3 Å². The molecule has 162 valence electrons. The van der Waals surface area contributed by atoms with Gasteiger partial charge >= 0.3 is 0 Å². The Labute approximate surface area is 182 Å². The summed E-state index contributed by atoms with van der Waals surface area (Å²) < 4.78 is 5.60. The molecule has 1 saturated heterocycles. The predicted molar refractivity (Wildman–Crippen MR) is 119 cm³/mol. The van der Waals surface area contributed by atoms with E-state index >= 15 is 0 Å². The van der Waals surface area contributed by atoms with Gasteiger partial charge in [0.15, 0.2) is 0 Å². The molecule has 0 spiro atoms. The average molecular weight is 421 g/mol. The van der Waals surface area contributed by atoms with Gasteiger partial charge in [0.25, 0.3) is 0 Å². The van der Waals surface area contributed by atoms with Gasteiger partial charge in [-0.15, -0.1) is 0 Å². The molecule has 7 nitrogen and oxygen atoms in total. The number of fused-ring (bicyclic) bond motifs is 2. The molecule has 0 bridgehead atoms. The summed E-state index contributed by atoms with van der Waals surface area (Å²) in [4.78, 5) is 31.6. The van der Waals surface area contributed by atoms with Crippen LogP contribution >= 0.6 is 0 Å². The molecule has 7 heteroatoms. The highest BCUT2D eigenvalue weighted by Gasteiger charge is 2.33.